The van der Waals surface area contributed by atoms with Crippen LogP contribution in [0.15, 0.2) is 17.7 Å². The van der Waals surface area contributed by atoms with E-state index in [1.54, 1.807) is 7.11 Å². The van der Waals surface area contributed by atoms with Crippen molar-refractivity contribution in [2.24, 2.45) is 0 Å². The fourth-order valence-corrected chi connectivity index (χ4v) is 2.80. The number of carbonyl (C=O) groups excluding carboxylic acids is 1. The number of rotatable bonds is 4. The van der Waals surface area contributed by atoms with Gasteiger partial charge in [-0.15, -0.1) is 11.3 Å². The maximum atomic E-state index is 12.1. The summed E-state index contributed by atoms with van der Waals surface area (Å²) in [6, 6.07) is 1.89. The van der Waals surface area contributed by atoms with Crippen LogP contribution in [0.1, 0.15) is 21.0 Å². The minimum Gasteiger partial charge on any atom is -0.495 e. The summed E-state index contributed by atoms with van der Waals surface area (Å²) in [5, 5.41) is 6.20. The number of ether oxygens (including phenoxy) is 1. The van der Waals surface area contributed by atoms with E-state index in [1.807, 2.05) is 13.0 Å². The number of nitrogens with one attached hydrogen (secondary N) is 2. The van der Waals surface area contributed by atoms with Crippen molar-refractivity contribution < 1.29 is 9.53 Å². The first-order valence-corrected chi connectivity index (χ1v) is 6.83. The Morgan fingerprint density at radius 3 is 3.11 bits per heavy atom. The van der Waals surface area contributed by atoms with Crippen molar-refractivity contribution in [1.82, 2.24) is 10.6 Å². The summed E-state index contributed by atoms with van der Waals surface area (Å²) in [5.74, 6) is 0.610. The Labute approximate surface area is 111 Å². The van der Waals surface area contributed by atoms with E-state index in [9.17, 15) is 4.79 Å². The fourth-order valence-electron chi connectivity index (χ4n) is 1.90. The first-order valence-electron chi connectivity index (χ1n) is 6.02. The van der Waals surface area contributed by atoms with Crippen LogP contribution in [-0.4, -0.2) is 32.7 Å². The maximum Gasteiger partial charge on any atom is 0.265 e. The maximum absolute atomic E-state index is 12.1. The normalized spacial score (nSPS) is 15.1. The first kappa shape index (κ1) is 13.1. The highest BCUT2D eigenvalue weighted by atomic mass is 32.1. The predicted octanol–water partition coefficient (Wildman–Crippen LogP) is 1.71. The van der Waals surface area contributed by atoms with Crippen LogP contribution < -0.4 is 15.4 Å². The van der Waals surface area contributed by atoms with E-state index in [4.69, 9.17) is 4.74 Å². The molecule has 0 aromatic carbocycles. The quantitative estimate of drug-likeness (QED) is 0.816. The van der Waals surface area contributed by atoms with Gasteiger partial charge < -0.3 is 15.4 Å². The number of methoxy groups -OCH3 is 1. The van der Waals surface area contributed by atoms with Crippen LogP contribution in [0.25, 0.3) is 0 Å². The van der Waals surface area contributed by atoms with Crippen molar-refractivity contribution in [3.05, 3.63) is 27.5 Å². The van der Waals surface area contributed by atoms with Crippen molar-refractivity contribution in [3.8, 4) is 5.75 Å². The summed E-state index contributed by atoms with van der Waals surface area (Å²) >= 11 is 1.46. The van der Waals surface area contributed by atoms with E-state index in [2.05, 4.69) is 16.7 Å². The molecule has 0 unspecified atom stereocenters. The molecule has 0 bridgehead atoms. The lowest BCUT2D eigenvalue weighted by Crippen LogP contribution is -2.29. The van der Waals surface area contributed by atoms with Gasteiger partial charge in [-0.05, 0) is 26.0 Å². The van der Waals surface area contributed by atoms with E-state index in [1.165, 1.54) is 16.9 Å². The molecule has 1 aliphatic heterocycles. The molecule has 98 valence electrons. The lowest BCUT2D eigenvalue weighted by atomic mass is 10.1. The summed E-state index contributed by atoms with van der Waals surface area (Å²) < 4.78 is 5.20. The van der Waals surface area contributed by atoms with Gasteiger partial charge in [0.15, 0.2) is 0 Å². The molecule has 1 aromatic heterocycles. The van der Waals surface area contributed by atoms with Crippen molar-refractivity contribution in [1.29, 1.82) is 0 Å². The Morgan fingerprint density at radius 2 is 2.44 bits per heavy atom. The fraction of sp³-hybridized carbons (Fsp3) is 0.462. The van der Waals surface area contributed by atoms with Gasteiger partial charge in [0.2, 0.25) is 0 Å². The van der Waals surface area contributed by atoms with Gasteiger partial charge >= 0.3 is 0 Å². The minimum absolute atomic E-state index is 0.0515. The van der Waals surface area contributed by atoms with E-state index in [0.29, 0.717) is 17.2 Å². The minimum atomic E-state index is -0.0515. The third-order valence-electron chi connectivity index (χ3n) is 2.88. The van der Waals surface area contributed by atoms with Crippen LogP contribution in [0.4, 0.5) is 0 Å². The second-order valence-electron chi connectivity index (χ2n) is 4.25. The van der Waals surface area contributed by atoms with Gasteiger partial charge in [0.05, 0.1) is 7.11 Å². The zero-order valence-electron chi connectivity index (χ0n) is 10.7. The van der Waals surface area contributed by atoms with Crippen molar-refractivity contribution in [2.75, 3.05) is 26.7 Å². The summed E-state index contributed by atoms with van der Waals surface area (Å²) in [6.07, 6.45) is 3.14. The Kier molecular flexibility index (Phi) is 4.38. The van der Waals surface area contributed by atoms with Crippen molar-refractivity contribution >= 4 is 17.2 Å². The summed E-state index contributed by atoms with van der Waals surface area (Å²) in [7, 11) is 1.59. The van der Waals surface area contributed by atoms with E-state index in [-0.39, 0.29) is 5.91 Å². The van der Waals surface area contributed by atoms with Gasteiger partial charge in [-0.1, -0.05) is 11.6 Å². The Balaban J connectivity index is 1.96. The van der Waals surface area contributed by atoms with Crippen LogP contribution in [0, 0.1) is 6.92 Å². The molecule has 0 radical (unpaired) electrons. The molecule has 0 saturated carbocycles. The van der Waals surface area contributed by atoms with Gasteiger partial charge in [0.25, 0.3) is 5.91 Å². The lowest BCUT2D eigenvalue weighted by Gasteiger charge is -2.14. The number of thiophene rings is 1. The van der Waals surface area contributed by atoms with Gasteiger partial charge in [-0.25, -0.2) is 0 Å². The average Bonchev–Trinajstić information content (AvgIpc) is 2.78. The molecule has 5 heteroatoms. The SMILES string of the molecule is COc1cc(C)sc1C(=O)NCC1=CCNCC1. The van der Waals surface area contributed by atoms with Crippen molar-refractivity contribution in [3.63, 3.8) is 0 Å². The molecule has 0 spiro atoms. The third kappa shape index (κ3) is 3.11. The second-order valence-corrected chi connectivity index (χ2v) is 5.51. The van der Waals surface area contributed by atoms with Gasteiger partial charge in [0.1, 0.15) is 10.6 Å². The summed E-state index contributed by atoms with van der Waals surface area (Å²) in [5.41, 5.74) is 1.29. The first-order chi connectivity index (χ1) is 8.70. The van der Waals surface area contributed by atoms with Gasteiger partial charge in [0, 0.05) is 18.0 Å². The molecule has 18 heavy (non-hydrogen) atoms. The summed E-state index contributed by atoms with van der Waals surface area (Å²) in [4.78, 5) is 13.8. The number of hydrogen-bond donors (Lipinski definition) is 2. The van der Waals surface area contributed by atoms with Crippen LogP contribution in [-0.2, 0) is 0 Å². The average molecular weight is 266 g/mol. The van der Waals surface area contributed by atoms with Gasteiger partial charge in [-0.3, -0.25) is 4.79 Å². The van der Waals surface area contributed by atoms with E-state index < -0.39 is 0 Å². The molecule has 0 atom stereocenters. The Morgan fingerprint density at radius 1 is 1.61 bits per heavy atom. The number of amides is 1. The molecule has 1 amide bonds. The highest BCUT2D eigenvalue weighted by Gasteiger charge is 2.16. The number of aryl methyl sites for hydroxylation is 1. The molecule has 0 fully saturated rings. The monoisotopic (exact) mass is 266 g/mol. The van der Waals surface area contributed by atoms with Crippen LogP contribution in [0.3, 0.4) is 0 Å². The standard InChI is InChI=1S/C13H18N2O2S/c1-9-7-11(17-2)12(18-9)13(16)15-8-10-3-5-14-6-4-10/h3,7,14H,4-6,8H2,1-2H3,(H,15,16). The second kappa shape index (κ2) is 6.02. The highest BCUT2D eigenvalue weighted by Crippen LogP contribution is 2.28. The molecular weight excluding hydrogens is 248 g/mol. The lowest BCUT2D eigenvalue weighted by molar-refractivity contribution is 0.0958. The molecule has 1 aliphatic rings. The van der Waals surface area contributed by atoms with Crippen LogP contribution in [0.2, 0.25) is 0 Å². The van der Waals surface area contributed by atoms with Gasteiger partial charge in [-0.2, -0.15) is 0 Å². The zero-order valence-corrected chi connectivity index (χ0v) is 11.5. The van der Waals surface area contributed by atoms with Crippen LogP contribution >= 0.6 is 11.3 Å². The number of hydrogen-bond acceptors (Lipinski definition) is 4. The molecule has 4 nitrogen and oxygen atoms in total. The highest BCUT2D eigenvalue weighted by molar-refractivity contribution is 7.14. The Bertz CT molecular complexity index is 466. The largest absolute Gasteiger partial charge is 0.495 e. The van der Waals surface area contributed by atoms with E-state index in [0.717, 1.165) is 24.4 Å². The Hall–Kier alpha value is -1.33. The van der Waals surface area contributed by atoms with Crippen LogP contribution in [0.5, 0.6) is 5.75 Å². The third-order valence-corrected chi connectivity index (χ3v) is 3.91. The predicted molar refractivity (Wildman–Crippen MR) is 73.5 cm³/mol. The number of carbonyl (C=O) groups is 1. The summed E-state index contributed by atoms with van der Waals surface area (Å²) in [6.45, 7) is 4.48. The molecule has 2 N–H and O–H groups in total. The smallest absolute Gasteiger partial charge is 0.265 e. The molecular formula is C13H18N2O2S. The molecule has 0 aliphatic carbocycles. The molecule has 2 rings (SSSR count). The topological polar surface area (TPSA) is 50.4 Å². The molecule has 2 heterocycles. The van der Waals surface area contributed by atoms with E-state index >= 15 is 0 Å². The molecule has 0 saturated heterocycles. The van der Waals surface area contributed by atoms with Crippen molar-refractivity contribution in [2.45, 2.75) is 13.3 Å². The molecule has 1 aromatic rings. The zero-order chi connectivity index (χ0) is 13.0.